The Balaban J connectivity index is 2.56. The lowest BCUT2D eigenvalue weighted by Gasteiger charge is -2.18. The number of nitro benzene ring substituents is 1. The van der Waals surface area contributed by atoms with Crippen LogP contribution in [0.15, 0.2) is 12.1 Å². The van der Waals surface area contributed by atoms with E-state index < -0.39 is 11.0 Å². The van der Waals surface area contributed by atoms with E-state index in [1.54, 1.807) is 13.0 Å². The lowest BCUT2D eigenvalue weighted by Crippen LogP contribution is -2.26. The number of aryl methyl sites for hydroxylation is 1. The molecule has 1 saturated heterocycles. The van der Waals surface area contributed by atoms with Gasteiger partial charge in [-0.25, -0.2) is 0 Å². The summed E-state index contributed by atoms with van der Waals surface area (Å²) < 4.78 is 0. The van der Waals surface area contributed by atoms with Crippen LogP contribution in [0.5, 0.6) is 0 Å². The maximum absolute atomic E-state index is 11.7. The van der Waals surface area contributed by atoms with E-state index in [0.29, 0.717) is 5.56 Å². The van der Waals surface area contributed by atoms with Crippen molar-refractivity contribution in [1.29, 1.82) is 0 Å². The Morgan fingerprint density at radius 3 is 2.72 bits per heavy atom. The molecular weight excluding hydrogens is 260 g/mol. The first kappa shape index (κ1) is 12.8. The predicted octanol–water partition coefficient (Wildman–Crippen LogP) is 1.65. The minimum atomic E-state index is -0.785. The molecule has 2 rings (SSSR count). The quantitative estimate of drug-likeness (QED) is 0.654. The summed E-state index contributed by atoms with van der Waals surface area (Å²) in [6.07, 6.45) is -0.800. The smallest absolute Gasteiger partial charge is 0.294 e. The molecule has 1 aliphatic rings. The van der Waals surface area contributed by atoms with Crippen LogP contribution in [-0.2, 0) is 4.79 Å². The van der Waals surface area contributed by atoms with E-state index in [-0.39, 0.29) is 35.3 Å². The third-order valence-corrected chi connectivity index (χ3v) is 3.03. The Bertz CT molecular complexity index is 532. The number of carbonyl (C=O) groups is 1. The van der Waals surface area contributed by atoms with E-state index in [9.17, 15) is 20.0 Å². The number of anilines is 1. The van der Waals surface area contributed by atoms with Crippen LogP contribution in [0.1, 0.15) is 12.0 Å². The minimum Gasteiger partial charge on any atom is -0.391 e. The van der Waals surface area contributed by atoms with Crippen LogP contribution in [-0.4, -0.2) is 28.6 Å². The predicted molar refractivity (Wildman–Crippen MR) is 65.8 cm³/mol. The number of hydrogen-bond acceptors (Lipinski definition) is 4. The first-order valence-corrected chi connectivity index (χ1v) is 5.71. The van der Waals surface area contributed by atoms with Gasteiger partial charge in [0.05, 0.1) is 24.0 Å². The lowest BCUT2D eigenvalue weighted by atomic mass is 10.1. The average Bonchev–Trinajstić information content (AvgIpc) is 2.56. The van der Waals surface area contributed by atoms with Crippen LogP contribution in [0.3, 0.4) is 0 Å². The number of amides is 1. The molecule has 0 radical (unpaired) electrons. The molecule has 6 nitrogen and oxygen atoms in total. The van der Waals surface area contributed by atoms with Crippen molar-refractivity contribution in [1.82, 2.24) is 0 Å². The van der Waals surface area contributed by atoms with Crippen molar-refractivity contribution in [3.05, 3.63) is 32.8 Å². The highest BCUT2D eigenvalue weighted by Gasteiger charge is 2.34. The van der Waals surface area contributed by atoms with Crippen molar-refractivity contribution in [2.75, 3.05) is 11.4 Å². The standard InChI is InChI=1S/C11H11ClN2O4/c1-6-2-7(12)3-9(14(17)18)11(6)13-5-8(15)4-10(13)16/h2-3,8,15H,4-5H2,1H3. The molecule has 0 aliphatic carbocycles. The van der Waals surface area contributed by atoms with Crippen LogP contribution >= 0.6 is 11.6 Å². The van der Waals surface area contributed by atoms with E-state index in [1.165, 1.54) is 11.0 Å². The molecule has 1 fully saturated rings. The summed E-state index contributed by atoms with van der Waals surface area (Å²) >= 11 is 5.78. The molecule has 0 saturated carbocycles. The van der Waals surface area contributed by atoms with Crippen LogP contribution in [0.2, 0.25) is 5.02 Å². The molecule has 1 amide bonds. The molecule has 1 N–H and O–H groups in total. The van der Waals surface area contributed by atoms with Gasteiger partial charge in [-0.2, -0.15) is 0 Å². The van der Waals surface area contributed by atoms with Gasteiger partial charge in [0.15, 0.2) is 0 Å². The SMILES string of the molecule is Cc1cc(Cl)cc([N+](=O)[O-])c1N1CC(O)CC1=O. The number of benzene rings is 1. The number of rotatable bonds is 2. The Morgan fingerprint density at radius 1 is 1.56 bits per heavy atom. The number of β-amino-alcohol motifs (C(OH)–C–C–N with tert-alkyl or cyclic N) is 1. The zero-order valence-corrected chi connectivity index (χ0v) is 10.3. The van der Waals surface area contributed by atoms with Crippen molar-refractivity contribution in [2.45, 2.75) is 19.4 Å². The highest BCUT2D eigenvalue weighted by atomic mass is 35.5. The van der Waals surface area contributed by atoms with Gasteiger partial charge in [0.1, 0.15) is 5.69 Å². The van der Waals surface area contributed by atoms with Crippen LogP contribution in [0.4, 0.5) is 11.4 Å². The summed E-state index contributed by atoms with van der Waals surface area (Å²) in [6, 6.07) is 2.77. The number of aliphatic hydroxyl groups excluding tert-OH is 1. The molecule has 1 unspecified atom stereocenters. The molecular formula is C11H11ClN2O4. The number of hydrogen-bond donors (Lipinski definition) is 1. The number of aliphatic hydroxyl groups is 1. The van der Waals surface area contributed by atoms with Gasteiger partial charge in [0.25, 0.3) is 5.69 Å². The van der Waals surface area contributed by atoms with E-state index in [0.717, 1.165) is 0 Å². The first-order chi connectivity index (χ1) is 8.40. The number of halogens is 1. The number of carbonyl (C=O) groups excluding carboxylic acids is 1. The maximum Gasteiger partial charge on any atom is 0.294 e. The second-order valence-electron chi connectivity index (χ2n) is 4.21. The third kappa shape index (κ3) is 2.16. The average molecular weight is 271 g/mol. The van der Waals surface area contributed by atoms with Crippen molar-refractivity contribution < 1.29 is 14.8 Å². The fourth-order valence-corrected chi connectivity index (χ4v) is 2.38. The number of nitro groups is 1. The van der Waals surface area contributed by atoms with E-state index in [4.69, 9.17) is 11.6 Å². The van der Waals surface area contributed by atoms with Gasteiger partial charge in [-0.1, -0.05) is 11.6 Å². The maximum atomic E-state index is 11.7. The minimum absolute atomic E-state index is 0.0147. The molecule has 1 aromatic carbocycles. The zero-order valence-electron chi connectivity index (χ0n) is 9.59. The molecule has 1 aliphatic heterocycles. The molecule has 0 bridgehead atoms. The molecule has 0 spiro atoms. The highest BCUT2D eigenvalue weighted by molar-refractivity contribution is 6.31. The lowest BCUT2D eigenvalue weighted by molar-refractivity contribution is -0.384. The summed E-state index contributed by atoms with van der Waals surface area (Å²) in [5, 5.41) is 20.7. The number of nitrogens with zero attached hydrogens (tertiary/aromatic N) is 2. The third-order valence-electron chi connectivity index (χ3n) is 2.82. The molecule has 7 heteroatoms. The monoisotopic (exact) mass is 270 g/mol. The van der Waals surface area contributed by atoms with E-state index >= 15 is 0 Å². The van der Waals surface area contributed by atoms with Gasteiger partial charge in [-0.3, -0.25) is 14.9 Å². The fraction of sp³-hybridized carbons (Fsp3) is 0.364. The normalized spacial score (nSPS) is 19.4. The van der Waals surface area contributed by atoms with Gasteiger partial charge in [0.2, 0.25) is 5.91 Å². The molecule has 96 valence electrons. The highest BCUT2D eigenvalue weighted by Crippen LogP contribution is 2.36. The molecule has 0 aromatic heterocycles. The zero-order chi connectivity index (χ0) is 13.4. The van der Waals surface area contributed by atoms with Gasteiger partial charge < -0.3 is 10.0 Å². The van der Waals surface area contributed by atoms with Crippen LogP contribution in [0.25, 0.3) is 0 Å². The molecule has 1 atom stereocenters. The Labute approximate surface area is 108 Å². The molecule has 1 heterocycles. The van der Waals surface area contributed by atoms with E-state index in [1.807, 2.05) is 0 Å². The Hall–Kier alpha value is -1.66. The van der Waals surface area contributed by atoms with Gasteiger partial charge in [-0.05, 0) is 18.6 Å². The van der Waals surface area contributed by atoms with Crippen molar-refractivity contribution >= 4 is 28.9 Å². The van der Waals surface area contributed by atoms with Crippen LogP contribution < -0.4 is 4.90 Å². The molecule has 18 heavy (non-hydrogen) atoms. The summed E-state index contributed by atoms with van der Waals surface area (Å²) in [4.78, 5) is 23.4. The second-order valence-corrected chi connectivity index (χ2v) is 4.65. The topological polar surface area (TPSA) is 83.7 Å². The Kier molecular flexibility index (Phi) is 3.23. The summed E-state index contributed by atoms with van der Waals surface area (Å²) in [7, 11) is 0. The summed E-state index contributed by atoms with van der Waals surface area (Å²) in [5.41, 5.74) is 0.532. The molecule has 1 aromatic rings. The summed E-state index contributed by atoms with van der Waals surface area (Å²) in [5.74, 6) is -0.323. The summed E-state index contributed by atoms with van der Waals surface area (Å²) in [6.45, 7) is 1.72. The second kappa shape index (κ2) is 4.55. The van der Waals surface area contributed by atoms with E-state index in [2.05, 4.69) is 0 Å². The van der Waals surface area contributed by atoms with Crippen molar-refractivity contribution in [2.24, 2.45) is 0 Å². The van der Waals surface area contributed by atoms with Gasteiger partial charge in [-0.15, -0.1) is 0 Å². The van der Waals surface area contributed by atoms with Crippen molar-refractivity contribution in [3.63, 3.8) is 0 Å². The van der Waals surface area contributed by atoms with Gasteiger partial charge >= 0.3 is 0 Å². The fourth-order valence-electron chi connectivity index (χ4n) is 2.11. The van der Waals surface area contributed by atoms with Gasteiger partial charge in [0, 0.05) is 11.1 Å². The van der Waals surface area contributed by atoms with Crippen molar-refractivity contribution in [3.8, 4) is 0 Å². The van der Waals surface area contributed by atoms with Crippen LogP contribution in [0, 0.1) is 17.0 Å². The largest absolute Gasteiger partial charge is 0.391 e. The Morgan fingerprint density at radius 2 is 2.22 bits per heavy atom. The first-order valence-electron chi connectivity index (χ1n) is 5.33.